The fraction of sp³-hybridized carbons (Fsp3) is 0.0625. The fourth-order valence-corrected chi connectivity index (χ4v) is 4.91. The largest absolute Gasteiger partial charge is 0.508 e. The summed E-state index contributed by atoms with van der Waals surface area (Å²) < 4.78 is 0. The molecule has 0 saturated carbocycles. The van der Waals surface area contributed by atoms with Crippen molar-refractivity contribution >= 4 is 50.8 Å². The lowest BCUT2D eigenvalue weighted by Gasteiger charge is -1.97. The summed E-state index contributed by atoms with van der Waals surface area (Å²) >= 11 is 0. The Balaban J connectivity index is 0.000000144. The predicted molar refractivity (Wildman–Crippen MR) is 155 cm³/mol. The van der Waals surface area contributed by atoms with E-state index in [1.165, 1.54) is 0 Å². The second kappa shape index (κ2) is 9.54. The lowest BCUT2D eigenvalue weighted by atomic mass is 10.1. The number of para-hydroxylation sites is 2. The van der Waals surface area contributed by atoms with E-state index in [9.17, 15) is 14.7 Å². The molecule has 7 nitrogen and oxygen atoms in total. The first-order valence-electron chi connectivity index (χ1n) is 12.6. The average Bonchev–Trinajstić information content (AvgIpc) is 3.68. The zero-order valence-corrected chi connectivity index (χ0v) is 21.4. The van der Waals surface area contributed by atoms with Crippen molar-refractivity contribution in [2.45, 2.75) is 13.8 Å². The highest BCUT2D eigenvalue weighted by atomic mass is 16.3. The number of carbonyl (C=O) groups is 2. The average molecular weight is 515 g/mol. The highest BCUT2D eigenvalue weighted by Crippen LogP contribution is 2.33. The molecular formula is C32H26N4O3. The first-order chi connectivity index (χ1) is 18.9. The second-order valence-corrected chi connectivity index (χ2v) is 9.66. The molecule has 7 rings (SSSR count). The van der Waals surface area contributed by atoms with Gasteiger partial charge in [-0.2, -0.15) is 0 Å². The van der Waals surface area contributed by atoms with Crippen molar-refractivity contribution in [3.63, 3.8) is 0 Å². The summed E-state index contributed by atoms with van der Waals surface area (Å²) in [5.41, 5.74) is 8.63. The number of carbonyl (C=O) groups excluding carboxylic acids is 2. The van der Waals surface area contributed by atoms with Gasteiger partial charge in [0.1, 0.15) is 5.75 Å². The van der Waals surface area contributed by atoms with Crippen LogP contribution in [0.1, 0.15) is 38.7 Å². The number of nitrogens with one attached hydrogen (secondary N) is 4. The normalized spacial score (nSPS) is 13.4. The Morgan fingerprint density at radius 1 is 0.769 bits per heavy atom. The number of anilines is 1. The van der Waals surface area contributed by atoms with Crippen LogP contribution in [0.25, 0.3) is 33.5 Å². The van der Waals surface area contributed by atoms with Gasteiger partial charge in [0, 0.05) is 44.4 Å². The highest BCUT2D eigenvalue weighted by Gasteiger charge is 2.23. The molecule has 0 fully saturated rings. The maximum Gasteiger partial charge on any atom is 0.256 e. The molecule has 3 aromatic carbocycles. The van der Waals surface area contributed by atoms with Crippen LogP contribution in [-0.2, 0) is 4.79 Å². The first-order valence-corrected chi connectivity index (χ1v) is 12.6. The third-order valence-electron chi connectivity index (χ3n) is 6.81. The topological polar surface area (TPSA) is 114 Å². The fourth-order valence-electron chi connectivity index (χ4n) is 4.91. The van der Waals surface area contributed by atoms with E-state index in [4.69, 9.17) is 0 Å². The molecule has 6 aromatic rings. The number of benzene rings is 3. The van der Waals surface area contributed by atoms with E-state index in [0.717, 1.165) is 55.6 Å². The molecule has 0 unspecified atom stereocenters. The van der Waals surface area contributed by atoms with Gasteiger partial charge in [0.05, 0.1) is 17.0 Å². The molecule has 0 radical (unpaired) electrons. The lowest BCUT2D eigenvalue weighted by molar-refractivity contribution is -0.110. The van der Waals surface area contributed by atoms with Crippen LogP contribution in [0.2, 0.25) is 0 Å². The van der Waals surface area contributed by atoms with Crippen LogP contribution < -0.4 is 5.32 Å². The molecule has 7 heteroatoms. The van der Waals surface area contributed by atoms with Crippen LogP contribution in [0.4, 0.5) is 5.69 Å². The molecule has 1 aliphatic heterocycles. The molecule has 5 N–H and O–H groups in total. The number of phenols is 1. The van der Waals surface area contributed by atoms with Crippen LogP contribution in [0.3, 0.4) is 0 Å². The maximum absolute atomic E-state index is 12.5. The molecule has 1 aliphatic rings. The minimum atomic E-state index is -0.0955. The van der Waals surface area contributed by atoms with Gasteiger partial charge in [-0.05, 0) is 74.0 Å². The first kappa shape index (κ1) is 24.1. The minimum Gasteiger partial charge on any atom is -0.508 e. The number of amides is 1. The third kappa shape index (κ3) is 4.62. The molecule has 0 saturated heterocycles. The highest BCUT2D eigenvalue weighted by molar-refractivity contribution is 6.34. The Kier molecular flexibility index (Phi) is 5.88. The van der Waals surface area contributed by atoms with E-state index >= 15 is 0 Å². The standard InChI is InChI=1S/C17H12N2O2.C15H14N2O/c20-12-5-6-14-11(7-12)9-16(19-14)17(21)15-8-10-3-1-2-4-13(10)18-15;1-9-7-10(2)16-14(9)8-12-11-5-3-4-6-13(11)17-15(12)18/h1-9,18-20H;3-8,16H,1-2H3,(H,17,18)/b;12-8-. The van der Waals surface area contributed by atoms with Crippen molar-refractivity contribution in [2.24, 2.45) is 0 Å². The molecule has 39 heavy (non-hydrogen) atoms. The molecule has 0 spiro atoms. The second-order valence-electron chi connectivity index (χ2n) is 9.66. The van der Waals surface area contributed by atoms with Gasteiger partial charge in [-0.1, -0.05) is 36.4 Å². The third-order valence-corrected chi connectivity index (χ3v) is 6.81. The van der Waals surface area contributed by atoms with Crippen molar-refractivity contribution in [2.75, 3.05) is 5.32 Å². The van der Waals surface area contributed by atoms with E-state index in [1.807, 2.05) is 74.5 Å². The lowest BCUT2D eigenvalue weighted by Crippen LogP contribution is -2.03. The summed E-state index contributed by atoms with van der Waals surface area (Å²) in [6, 6.07) is 26.2. The van der Waals surface area contributed by atoms with Crippen molar-refractivity contribution < 1.29 is 14.7 Å². The summed E-state index contributed by atoms with van der Waals surface area (Å²) in [6.07, 6.45) is 1.92. The Morgan fingerprint density at radius 3 is 2.21 bits per heavy atom. The predicted octanol–water partition coefficient (Wildman–Crippen LogP) is 6.71. The molecule has 1 amide bonds. The number of hydrogen-bond donors (Lipinski definition) is 5. The number of hydrogen-bond acceptors (Lipinski definition) is 3. The maximum atomic E-state index is 12.5. The Hall–Kier alpha value is -5.30. The molecule has 192 valence electrons. The number of H-pyrrole nitrogens is 3. The number of aromatic amines is 3. The number of rotatable bonds is 3. The zero-order valence-electron chi connectivity index (χ0n) is 21.4. The molecule has 0 atom stereocenters. The van der Waals surface area contributed by atoms with Crippen LogP contribution in [-0.4, -0.2) is 31.7 Å². The van der Waals surface area contributed by atoms with Gasteiger partial charge in [-0.25, -0.2) is 0 Å². The van der Waals surface area contributed by atoms with Crippen molar-refractivity contribution in [1.82, 2.24) is 15.0 Å². The number of fused-ring (bicyclic) bond motifs is 3. The van der Waals surface area contributed by atoms with Gasteiger partial charge in [0.15, 0.2) is 0 Å². The van der Waals surface area contributed by atoms with Crippen LogP contribution in [0.5, 0.6) is 5.75 Å². The Bertz CT molecular complexity index is 1890. The number of aromatic hydroxyl groups is 1. The number of aromatic nitrogens is 3. The van der Waals surface area contributed by atoms with Gasteiger partial charge in [0.25, 0.3) is 5.91 Å². The van der Waals surface area contributed by atoms with Crippen molar-refractivity contribution in [3.8, 4) is 5.75 Å². The van der Waals surface area contributed by atoms with Gasteiger partial charge in [-0.15, -0.1) is 0 Å². The molecule has 0 aliphatic carbocycles. The summed E-state index contributed by atoms with van der Waals surface area (Å²) in [6.45, 7) is 4.05. The molecular weight excluding hydrogens is 488 g/mol. The van der Waals surface area contributed by atoms with E-state index in [1.54, 1.807) is 24.3 Å². The smallest absolute Gasteiger partial charge is 0.256 e. The van der Waals surface area contributed by atoms with Gasteiger partial charge in [0.2, 0.25) is 5.78 Å². The molecule has 4 heterocycles. The Labute approximate surface area is 224 Å². The summed E-state index contributed by atoms with van der Waals surface area (Å²) in [5.74, 6) is 0.0517. The summed E-state index contributed by atoms with van der Waals surface area (Å²) in [4.78, 5) is 34.0. The number of ketones is 1. The zero-order chi connectivity index (χ0) is 27.1. The van der Waals surface area contributed by atoms with Crippen LogP contribution in [0.15, 0.2) is 84.9 Å². The summed E-state index contributed by atoms with van der Waals surface area (Å²) in [7, 11) is 0. The van der Waals surface area contributed by atoms with E-state index in [2.05, 4.69) is 26.3 Å². The molecule has 3 aromatic heterocycles. The monoisotopic (exact) mass is 514 g/mol. The van der Waals surface area contributed by atoms with E-state index in [0.29, 0.717) is 11.4 Å². The van der Waals surface area contributed by atoms with Crippen LogP contribution >= 0.6 is 0 Å². The Morgan fingerprint density at radius 2 is 1.46 bits per heavy atom. The SMILES string of the molecule is Cc1cc(C)c(/C=C2\C(=O)Nc3ccccc32)[nH]1.O=C(c1cc2ccccc2[nH]1)c1cc2cc(O)ccc2[nH]1. The van der Waals surface area contributed by atoms with Gasteiger partial charge < -0.3 is 25.4 Å². The summed E-state index contributed by atoms with van der Waals surface area (Å²) in [5, 5.41) is 14.2. The van der Waals surface area contributed by atoms with E-state index in [-0.39, 0.29) is 17.4 Å². The van der Waals surface area contributed by atoms with Gasteiger partial charge >= 0.3 is 0 Å². The van der Waals surface area contributed by atoms with Crippen molar-refractivity contribution in [1.29, 1.82) is 0 Å². The van der Waals surface area contributed by atoms with Crippen molar-refractivity contribution in [3.05, 3.63) is 119 Å². The van der Waals surface area contributed by atoms with Gasteiger partial charge in [-0.3, -0.25) is 9.59 Å². The number of phenolic OH excluding ortho intramolecular Hbond substituents is 1. The quantitative estimate of drug-likeness (QED) is 0.134. The minimum absolute atomic E-state index is 0.0390. The van der Waals surface area contributed by atoms with E-state index < -0.39 is 0 Å². The van der Waals surface area contributed by atoms with Crippen LogP contribution in [0, 0.1) is 13.8 Å². The molecule has 0 bridgehead atoms. The number of aryl methyl sites for hydroxylation is 2.